The molecule has 1 saturated carbocycles. The van der Waals surface area contributed by atoms with E-state index < -0.39 is 0 Å². The average molecular weight is 218 g/mol. The monoisotopic (exact) mass is 218 g/mol. The van der Waals surface area contributed by atoms with Gasteiger partial charge in [-0.2, -0.15) is 0 Å². The SMILES string of the molecule is CCCc1cccc(C(NN)C2CC2C)c1. The highest BCUT2D eigenvalue weighted by Gasteiger charge is 2.39. The van der Waals surface area contributed by atoms with Crippen molar-refractivity contribution in [3.8, 4) is 0 Å². The highest BCUT2D eigenvalue weighted by molar-refractivity contribution is 5.27. The van der Waals surface area contributed by atoms with Gasteiger partial charge in [-0.15, -0.1) is 0 Å². The maximum Gasteiger partial charge on any atom is 0.0490 e. The Balaban J connectivity index is 2.14. The molecule has 0 radical (unpaired) electrons. The number of hydrazine groups is 1. The van der Waals surface area contributed by atoms with E-state index in [1.807, 2.05) is 0 Å². The Morgan fingerprint density at radius 1 is 1.50 bits per heavy atom. The largest absolute Gasteiger partial charge is 0.271 e. The summed E-state index contributed by atoms with van der Waals surface area (Å²) in [5, 5.41) is 0. The van der Waals surface area contributed by atoms with E-state index in [1.165, 1.54) is 24.0 Å². The summed E-state index contributed by atoms with van der Waals surface area (Å²) in [7, 11) is 0. The zero-order chi connectivity index (χ0) is 11.5. The summed E-state index contributed by atoms with van der Waals surface area (Å²) in [6.07, 6.45) is 3.65. The molecule has 3 unspecified atom stereocenters. The van der Waals surface area contributed by atoms with Crippen molar-refractivity contribution in [3.05, 3.63) is 35.4 Å². The topological polar surface area (TPSA) is 38.0 Å². The lowest BCUT2D eigenvalue weighted by molar-refractivity contribution is 0.475. The lowest BCUT2D eigenvalue weighted by Crippen LogP contribution is -2.29. The minimum atomic E-state index is 0.340. The van der Waals surface area contributed by atoms with Crippen molar-refractivity contribution in [1.29, 1.82) is 0 Å². The summed E-state index contributed by atoms with van der Waals surface area (Å²) >= 11 is 0. The van der Waals surface area contributed by atoms with Gasteiger partial charge in [-0.3, -0.25) is 11.3 Å². The highest BCUT2D eigenvalue weighted by atomic mass is 15.2. The molecular weight excluding hydrogens is 196 g/mol. The standard InChI is InChI=1S/C14H22N2/c1-3-5-11-6-4-7-12(9-11)14(16-15)13-8-10(13)2/h4,6-7,9-10,13-14,16H,3,5,8,15H2,1-2H3. The number of hydrogen-bond donors (Lipinski definition) is 2. The molecule has 88 valence electrons. The van der Waals surface area contributed by atoms with Gasteiger partial charge in [0.05, 0.1) is 0 Å². The van der Waals surface area contributed by atoms with Crippen molar-refractivity contribution < 1.29 is 0 Å². The van der Waals surface area contributed by atoms with Crippen LogP contribution in [0.3, 0.4) is 0 Å². The molecule has 1 aliphatic rings. The van der Waals surface area contributed by atoms with E-state index in [0.717, 1.165) is 18.3 Å². The summed E-state index contributed by atoms with van der Waals surface area (Å²) < 4.78 is 0. The van der Waals surface area contributed by atoms with Gasteiger partial charge < -0.3 is 0 Å². The lowest BCUT2D eigenvalue weighted by atomic mass is 9.98. The van der Waals surface area contributed by atoms with Crippen molar-refractivity contribution in [3.63, 3.8) is 0 Å². The first-order chi connectivity index (χ1) is 7.76. The lowest BCUT2D eigenvalue weighted by Gasteiger charge is -2.17. The second-order valence-corrected chi connectivity index (χ2v) is 5.02. The van der Waals surface area contributed by atoms with Gasteiger partial charge >= 0.3 is 0 Å². The number of rotatable bonds is 5. The van der Waals surface area contributed by atoms with Crippen LogP contribution in [0.15, 0.2) is 24.3 Å². The first kappa shape index (κ1) is 11.6. The first-order valence-corrected chi connectivity index (χ1v) is 6.31. The summed E-state index contributed by atoms with van der Waals surface area (Å²) in [4.78, 5) is 0. The van der Waals surface area contributed by atoms with Gasteiger partial charge in [0.2, 0.25) is 0 Å². The minimum absolute atomic E-state index is 0.340. The normalized spacial score (nSPS) is 25.4. The van der Waals surface area contributed by atoms with Crippen molar-refractivity contribution in [2.75, 3.05) is 0 Å². The molecule has 1 fully saturated rings. The Morgan fingerprint density at radius 3 is 2.81 bits per heavy atom. The Labute approximate surface area is 98.2 Å². The molecule has 0 bridgehead atoms. The quantitative estimate of drug-likeness (QED) is 0.589. The van der Waals surface area contributed by atoms with Crippen LogP contribution < -0.4 is 11.3 Å². The molecule has 0 amide bonds. The van der Waals surface area contributed by atoms with Crippen LogP contribution in [-0.2, 0) is 6.42 Å². The van der Waals surface area contributed by atoms with Gasteiger partial charge in [-0.05, 0) is 35.8 Å². The molecule has 2 heteroatoms. The molecule has 2 rings (SSSR count). The Bertz CT molecular complexity index is 348. The van der Waals surface area contributed by atoms with Crippen molar-refractivity contribution >= 4 is 0 Å². The molecule has 16 heavy (non-hydrogen) atoms. The third-order valence-corrected chi connectivity index (χ3v) is 3.63. The van der Waals surface area contributed by atoms with Crippen molar-refractivity contribution in [2.45, 2.75) is 39.2 Å². The van der Waals surface area contributed by atoms with Crippen LogP contribution >= 0.6 is 0 Å². The van der Waals surface area contributed by atoms with Crippen LogP contribution in [0, 0.1) is 11.8 Å². The Morgan fingerprint density at radius 2 is 2.25 bits per heavy atom. The minimum Gasteiger partial charge on any atom is -0.271 e. The molecular formula is C14H22N2. The fourth-order valence-corrected chi connectivity index (χ4v) is 2.51. The van der Waals surface area contributed by atoms with Crippen molar-refractivity contribution in [1.82, 2.24) is 5.43 Å². The predicted octanol–water partition coefficient (Wildman–Crippen LogP) is 2.80. The number of nitrogens with one attached hydrogen (secondary N) is 1. The van der Waals surface area contributed by atoms with Crippen LogP contribution in [0.4, 0.5) is 0 Å². The molecule has 3 atom stereocenters. The van der Waals surface area contributed by atoms with E-state index in [-0.39, 0.29) is 0 Å². The number of aryl methyl sites for hydroxylation is 1. The van der Waals surface area contributed by atoms with Crippen LogP contribution in [-0.4, -0.2) is 0 Å². The molecule has 1 aromatic carbocycles. The summed E-state index contributed by atoms with van der Waals surface area (Å²) in [5.41, 5.74) is 5.75. The molecule has 1 aliphatic carbocycles. The Kier molecular flexibility index (Phi) is 3.62. The highest BCUT2D eigenvalue weighted by Crippen LogP contribution is 2.46. The number of hydrogen-bond acceptors (Lipinski definition) is 2. The molecule has 0 aliphatic heterocycles. The molecule has 0 saturated heterocycles. The van der Waals surface area contributed by atoms with E-state index in [4.69, 9.17) is 5.84 Å². The average Bonchev–Trinajstić information content (AvgIpc) is 2.98. The second-order valence-electron chi connectivity index (χ2n) is 5.02. The molecule has 0 spiro atoms. The fraction of sp³-hybridized carbons (Fsp3) is 0.571. The van der Waals surface area contributed by atoms with E-state index >= 15 is 0 Å². The maximum atomic E-state index is 5.68. The predicted molar refractivity (Wildman–Crippen MR) is 67.8 cm³/mol. The molecule has 0 aromatic heterocycles. The van der Waals surface area contributed by atoms with Gasteiger partial charge in [0.15, 0.2) is 0 Å². The van der Waals surface area contributed by atoms with Gasteiger partial charge in [-0.1, -0.05) is 44.5 Å². The molecule has 2 nitrogen and oxygen atoms in total. The second kappa shape index (κ2) is 4.98. The third kappa shape index (κ3) is 2.45. The van der Waals surface area contributed by atoms with E-state index in [9.17, 15) is 0 Å². The summed E-state index contributed by atoms with van der Waals surface area (Å²) in [6.45, 7) is 4.51. The zero-order valence-electron chi connectivity index (χ0n) is 10.2. The van der Waals surface area contributed by atoms with Gasteiger partial charge in [-0.25, -0.2) is 0 Å². The van der Waals surface area contributed by atoms with Crippen LogP contribution in [0.25, 0.3) is 0 Å². The number of nitrogens with two attached hydrogens (primary N) is 1. The van der Waals surface area contributed by atoms with Crippen LogP contribution in [0.5, 0.6) is 0 Å². The van der Waals surface area contributed by atoms with Crippen LogP contribution in [0.2, 0.25) is 0 Å². The van der Waals surface area contributed by atoms with E-state index in [0.29, 0.717) is 6.04 Å². The van der Waals surface area contributed by atoms with Crippen molar-refractivity contribution in [2.24, 2.45) is 17.7 Å². The zero-order valence-corrected chi connectivity index (χ0v) is 10.2. The van der Waals surface area contributed by atoms with Crippen LogP contribution in [0.1, 0.15) is 43.9 Å². The molecule has 3 N–H and O–H groups in total. The van der Waals surface area contributed by atoms with Gasteiger partial charge in [0.1, 0.15) is 0 Å². The van der Waals surface area contributed by atoms with E-state index in [1.54, 1.807) is 0 Å². The third-order valence-electron chi connectivity index (χ3n) is 3.63. The number of benzene rings is 1. The summed E-state index contributed by atoms with van der Waals surface area (Å²) in [5.74, 6) is 7.22. The fourth-order valence-electron chi connectivity index (χ4n) is 2.51. The molecule has 0 heterocycles. The maximum absolute atomic E-state index is 5.68. The molecule has 1 aromatic rings. The first-order valence-electron chi connectivity index (χ1n) is 6.31. The van der Waals surface area contributed by atoms with Gasteiger partial charge in [0.25, 0.3) is 0 Å². The van der Waals surface area contributed by atoms with Gasteiger partial charge in [0, 0.05) is 6.04 Å². The Hall–Kier alpha value is -0.860. The van der Waals surface area contributed by atoms with E-state index in [2.05, 4.69) is 43.5 Å². The smallest absolute Gasteiger partial charge is 0.0490 e. The summed E-state index contributed by atoms with van der Waals surface area (Å²) in [6, 6.07) is 9.19.